The number of thiophene rings is 1. The highest BCUT2D eigenvalue weighted by Crippen LogP contribution is 2.16. The fourth-order valence-corrected chi connectivity index (χ4v) is 1.83. The van der Waals surface area contributed by atoms with E-state index in [0.717, 1.165) is 19.6 Å². The fourth-order valence-electron chi connectivity index (χ4n) is 1.23. The lowest BCUT2D eigenvalue weighted by Gasteiger charge is -2.08. The van der Waals surface area contributed by atoms with Crippen LogP contribution in [0.2, 0.25) is 0 Å². The minimum atomic E-state index is 0.532. The molecule has 0 aliphatic carbocycles. The number of ether oxygens (including phenoxy) is 1. The molecule has 1 aromatic rings. The number of hydrogen-bond donors (Lipinski definition) is 1. The molecular weight excluding hydrogens is 158 g/mol. The summed E-state index contributed by atoms with van der Waals surface area (Å²) in [4.78, 5) is 0. The Kier molecular flexibility index (Phi) is 2.10. The minimum Gasteiger partial charge on any atom is -0.379 e. The molecule has 2 heterocycles. The van der Waals surface area contributed by atoms with Gasteiger partial charge in [0.1, 0.15) is 0 Å². The Balaban J connectivity index is 1.90. The second-order valence-electron chi connectivity index (χ2n) is 2.72. The molecule has 3 heteroatoms. The van der Waals surface area contributed by atoms with Crippen LogP contribution in [-0.4, -0.2) is 19.3 Å². The summed E-state index contributed by atoms with van der Waals surface area (Å²) in [6.45, 7) is 1.76. The molecule has 0 bridgehead atoms. The molecule has 1 fully saturated rings. The van der Waals surface area contributed by atoms with Crippen molar-refractivity contribution in [1.82, 2.24) is 0 Å². The van der Waals surface area contributed by atoms with Gasteiger partial charge in [0.15, 0.2) is 0 Å². The van der Waals surface area contributed by atoms with Crippen molar-refractivity contribution in [1.29, 1.82) is 0 Å². The van der Waals surface area contributed by atoms with E-state index < -0.39 is 0 Å². The van der Waals surface area contributed by atoms with Gasteiger partial charge in [-0.25, -0.2) is 0 Å². The van der Waals surface area contributed by atoms with Crippen molar-refractivity contribution in [2.75, 3.05) is 18.5 Å². The molecule has 1 unspecified atom stereocenters. The monoisotopic (exact) mass is 169 g/mol. The van der Waals surface area contributed by atoms with Crippen LogP contribution in [0.1, 0.15) is 6.42 Å². The lowest BCUT2D eigenvalue weighted by atomic mass is 10.2. The zero-order chi connectivity index (χ0) is 7.52. The molecular formula is C8H11NOS. The van der Waals surface area contributed by atoms with Crippen LogP contribution in [0.25, 0.3) is 0 Å². The first kappa shape index (κ1) is 7.13. The topological polar surface area (TPSA) is 21.3 Å². The van der Waals surface area contributed by atoms with E-state index in [1.165, 1.54) is 5.69 Å². The molecule has 1 aromatic heterocycles. The third-order valence-electron chi connectivity index (χ3n) is 1.82. The van der Waals surface area contributed by atoms with Gasteiger partial charge >= 0.3 is 0 Å². The first-order valence-electron chi connectivity index (χ1n) is 3.81. The Morgan fingerprint density at radius 2 is 2.64 bits per heavy atom. The zero-order valence-corrected chi connectivity index (χ0v) is 7.06. The van der Waals surface area contributed by atoms with Crippen molar-refractivity contribution in [2.45, 2.75) is 12.5 Å². The smallest absolute Gasteiger partial charge is 0.0668 e. The summed E-state index contributed by atoms with van der Waals surface area (Å²) in [5, 5.41) is 7.61. The van der Waals surface area contributed by atoms with Gasteiger partial charge in [-0.3, -0.25) is 0 Å². The molecule has 0 radical (unpaired) electrons. The zero-order valence-electron chi connectivity index (χ0n) is 6.25. The van der Waals surface area contributed by atoms with E-state index in [4.69, 9.17) is 4.74 Å². The van der Waals surface area contributed by atoms with Crippen molar-refractivity contribution in [3.63, 3.8) is 0 Å². The Morgan fingerprint density at radius 1 is 1.64 bits per heavy atom. The molecule has 60 valence electrons. The Labute approximate surface area is 70.2 Å². The van der Waals surface area contributed by atoms with Crippen LogP contribution in [0.5, 0.6) is 0 Å². The van der Waals surface area contributed by atoms with Gasteiger partial charge in [-0.05, 0) is 17.9 Å². The van der Waals surface area contributed by atoms with Crippen LogP contribution >= 0.6 is 11.3 Å². The summed E-state index contributed by atoms with van der Waals surface area (Å²) in [6, 6.07) is 2.63. The van der Waals surface area contributed by atoms with Crippen molar-refractivity contribution < 1.29 is 4.74 Å². The van der Waals surface area contributed by atoms with E-state index in [1.54, 1.807) is 11.3 Å². The van der Waals surface area contributed by atoms with Crippen LogP contribution in [0.4, 0.5) is 5.69 Å². The average Bonchev–Trinajstić information content (AvgIpc) is 2.60. The van der Waals surface area contributed by atoms with E-state index in [-0.39, 0.29) is 0 Å². The maximum Gasteiger partial charge on any atom is 0.0668 e. The Hall–Kier alpha value is -0.540. The van der Waals surface area contributed by atoms with Crippen molar-refractivity contribution >= 4 is 17.0 Å². The number of rotatable bonds is 2. The second kappa shape index (κ2) is 3.24. The minimum absolute atomic E-state index is 0.532. The van der Waals surface area contributed by atoms with Crippen LogP contribution in [0, 0.1) is 0 Å². The molecule has 11 heavy (non-hydrogen) atoms. The molecule has 0 amide bonds. The first-order chi connectivity index (χ1) is 5.45. The lowest BCUT2D eigenvalue weighted by molar-refractivity contribution is 0.195. The number of nitrogens with one attached hydrogen (secondary N) is 1. The van der Waals surface area contributed by atoms with Gasteiger partial charge < -0.3 is 10.1 Å². The molecule has 1 atom stereocenters. The SMILES string of the molecule is c1cc(NC2CCOC2)cs1. The summed E-state index contributed by atoms with van der Waals surface area (Å²) in [6.07, 6.45) is 1.13. The van der Waals surface area contributed by atoms with Gasteiger partial charge in [-0.15, -0.1) is 0 Å². The van der Waals surface area contributed by atoms with E-state index in [9.17, 15) is 0 Å². The molecule has 1 saturated heterocycles. The van der Waals surface area contributed by atoms with E-state index >= 15 is 0 Å². The van der Waals surface area contributed by atoms with Gasteiger partial charge in [0, 0.05) is 17.7 Å². The number of anilines is 1. The largest absolute Gasteiger partial charge is 0.379 e. The molecule has 1 N–H and O–H groups in total. The second-order valence-corrected chi connectivity index (χ2v) is 3.50. The van der Waals surface area contributed by atoms with Crippen LogP contribution in [-0.2, 0) is 4.74 Å². The van der Waals surface area contributed by atoms with Crippen molar-refractivity contribution in [2.24, 2.45) is 0 Å². The Bertz CT molecular complexity index is 204. The third-order valence-corrected chi connectivity index (χ3v) is 2.50. The van der Waals surface area contributed by atoms with Crippen LogP contribution in [0.3, 0.4) is 0 Å². The predicted octanol–water partition coefficient (Wildman–Crippen LogP) is 1.95. The molecule has 1 aliphatic heterocycles. The average molecular weight is 169 g/mol. The van der Waals surface area contributed by atoms with Gasteiger partial charge in [-0.1, -0.05) is 0 Å². The Morgan fingerprint density at radius 3 is 3.27 bits per heavy atom. The third kappa shape index (κ3) is 1.73. The van der Waals surface area contributed by atoms with Gasteiger partial charge in [0.25, 0.3) is 0 Å². The quantitative estimate of drug-likeness (QED) is 0.730. The highest BCUT2D eigenvalue weighted by Gasteiger charge is 2.14. The summed E-state index contributed by atoms with van der Waals surface area (Å²) < 4.78 is 5.25. The summed E-state index contributed by atoms with van der Waals surface area (Å²) in [5.41, 5.74) is 1.23. The van der Waals surface area contributed by atoms with Crippen LogP contribution < -0.4 is 5.32 Å². The highest BCUT2D eigenvalue weighted by atomic mass is 32.1. The first-order valence-corrected chi connectivity index (χ1v) is 4.76. The molecule has 2 rings (SSSR count). The maximum atomic E-state index is 5.25. The molecule has 0 aromatic carbocycles. The van der Waals surface area contributed by atoms with Gasteiger partial charge in [-0.2, -0.15) is 11.3 Å². The van der Waals surface area contributed by atoms with E-state index in [1.807, 2.05) is 0 Å². The van der Waals surface area contributed by atoms with Crippen molar-refractivity contribution in [3.05, 3.63) is 16.8 Å². The highest BCUT2D eigenvalue weighted by molar-refractivity contribution is 7.08. The normalized spacial score (nSPS) is 23.8. The molecule has 1 aliphatic rings. The van der Waals surface area contributed by atoms with Gasteiger partial charge in [0.2, 0.25) is 0 Å². The van der Waals surface area contributed by atoms with E-state index in [2.05, 4.69) is 22.1 Å². The standard InChI is InChI=1S/C8H11NOS/c1-3-10-5-7(1)9-8-2-4-11-6-8/h2,4,6-7,9H,1,3,5H2. The molecule has 0 saturated carbocycles. The molecule has 0 spiro atoms. The lowest BCUT2D eigenvalue weighted by Crippen LogP contribution is -2.18. The molecule has 2 nitrogen and oxygen atoms in total. The fraction of sp³-hybridized carbons (Fsp3) is 0.500. The van der Waals surface area contributed by atoms with Crippen molar-refractivity contribution in [3.8, 4) is 0 Å². The summed E-state index contributed by atoms with van der Waals surface area (Å²) in [5.74, 6) is 0. The van der Waals surface area contributed by atoms with Crippen LogP contribution in [0.15, 0.2) is 16.8 Å². The van der Waals surface area contributed by atoms with E-state index in [0.29, 0.717) is 6.04 Å². The summed E-state index contributed by atoms with van der Waals surface area (Å²) in [7, 11) is 0. The summed E-state index contributed by atoms with van der Waals surface area (Å²) >= 11 is 1.72. The predicted molar refractivity (Wildman–Crippen MR) is 47.2 cm³/mol. The van der Waals surface area contributed by atoms with Gasteiger partial charge in [0.05, 0.1) is 12.6 Å². The maximum absolute atomic E-state index is 5.25. The number of hydrogen-bond acceptors (Lipinski definition) is 3.